The van der Waals surface area contributed by atoms with E-state index in [-0.39, 0.29) is 11.0 Å². The van der Waals surface area contributed by atoms with Crippen LogP contribution in [0.2, 0.25) is 0 Å². The first kappa shape index (κ1) is 20.3. The van der Waals surface area contributed by atoms with E-state index in [1.165, 1.54) is 11.8 Å². The first-order chi connectivity index (χ1) is 10.9. The van der Waals surface area contributed by atoms with Crippen molar-refractivity contribution >= 4 is 11.8 Å². The minimum atomic E-state index is -0.380. The molecule has 0 bridgehead atoms. The number of hydrogen-bond acceptors (Lipinski definition) is 6. The Kier molecular flexibility index (Phi) is 8.94. The van der Waals surface area contributed by atoms with Gasteiger partial charge in [-0.1, -0.05) is 13.8 Å². The van der Waals surface area contributed by atoms with Crippen LogP contribution in [0.3, 0.4) is 0 Å². The number of ether oxygens (including phenoxy) is 1. The summed E-state index contributed by atoms with van der Waals surface area (Å²) in [5.41, 5.74) is 0. The Bertz CT molecular complexity index is 406. The highest BCUT2D eigenvalue weighted by atomic mass is 32.2. The van der Waals surface area contributed by atoms with Gasteiger partial charge in [0, 0.05) is 32.8 Å². The lowest BCUT2D eigenvalue weighted by Crippen LogP contribution is -2.36. The molecule has 0 saturated carbocycles. The molecule has 0 spiro atoms. The second kappa shape index (κ2) is 10.2. The van der Waals surface area contributed by atoms with Gasteiger partial charge in [-0.15, -0.1) is 11.8 Å². The third-order valence-corrected chi connectivity index (χ3v) is 5.57. The Morgan fingerprint density at radius 1 is 1.52 bits per heavy atom. The van der Waals surface area contributed by atoms with Crippen LogP contribution in [0.4, 0.5) is 0 Å². The van der Waals surface area contributed by atoms with Crippen molar-refractivity contribution in [2.24, 2.45) is 11.8 Å². The van der Waals surface area contributed by atoms with Gasteiger partial charge in [-0.05, 0) is 38.0 Å². The van der Waals surface area contributed by atoms with Crippen molar-refractivity contribution in [2.75, 3.05) is 46.2 Å². The van der Waals surface area contributed by atoms with Crippen molar-refractivity contribution in [3.05, 3.63) is 21.3 Å². The number of rotatable bonds is 10. The topological polar surface area (TPSA) is 58.9 Å². The molecule has 0 aliphatic carbocycles. The van der Waals surface area contributed by atoms with E-state index in [9.17, 15) is 10.1 Å². The maximum atomic E-state index is 10.7. The van der Waals surface area contributed by atoms with E-state index in [4.69, 9.17) is 4.74 Å². The van der Waals surface area contributed by atoms with Crippen LogP contribution in [0.15, 0.2) is 11.2 Å². The molecule has 1 aliphatic rings. The van der Waals surface area contributed by atoms with Crippen LogP contribution in [-0.4, -0.2) is 66.9 Å². The molecule has 1 heterocycles. The van der Waals surface area contributed by atoms with Crippen LogP contribution in [0.25, 0.3) is 0 Å². The zero-order valence-electron chi connectivity index (χ0n) is 15.0. The molecule has 1 rings (SSSR count). The van der Waals surface area contributed by atoms with Crippen LogP contribution in [0, 0.1) is 22.0 Å². The summed E-state index contributed by atoms with van der Waals surface area (Å²) >= 11 is 1.42. The highest BCUT2D eigenvalue weighted by molar-refractivity contribution is 8.02. The van der Waals surface area contributed by atoms with Crippen LogP contribution in [0.5, 0.6) is 0 Å². The second-order valence-electron chi connectivity index (χ2n) is 6.37. The normalized spacial score (nSPS) is 23.3. The van der Waals surface area contributed by atoms with Crippen LogP contribution in [0.1, 0.15) is 27.2 Å². The van der Waals surface area contributed by atoms with Crippen molar-refractivity contribution in [1.29, 1.82) is 0 Å². The van der Waals surface area contributed by atoms with Gasteiger partial charge in [0.15, 0.2) is 0 Å². The molecular weight excluding hydrogens is 314 g/mol. The molecule has 0 aromatic rings. The summed E-state index contributed by atoms with van der Waals surface area (Å²) in [5, 5.41) is 11.4. The Balaban J connectivity index is 2.48. The van der Waals surface area contributed by atoms with Crippen LogP contribution in [-0.2, 0) is 4.74 Å². The van der Waals surface area contributed by atoms with Gasteiger partial charge in [0.05, 0.1) is 11.5 Å². The minimum absolute atomic E-state index is 0.264. The van der Waals surface area contributed by atoms with Gasteiger partial charge in [0.2, 0.25) is 0 Å². The lowest BCUT2D eigenvalue weighted by atomic mass is 9.97. The van der Waals surface area contributed by atoms with Crippen molar-refractivity contribution in [3.63, 3.8) is 0 Å². The van der Waals surface area contributed by atoms with Crippen LogP contribution < -0.4 is 0 Å². The zero-order chi connectivity index (χ0) is 17.4. The Morgan fingerprint density at radius 3 is 2.70 bits per heavy atom. The Morgan fingerprint density at radius 2 is 2.22 bits per heavy atom. The summed E-state index contributed by atoms with van der Waals surface area (Å²) in [7, 11) is 1.93. The first-order valence-corrected chi connectivity index (χ1v) is 9.53. The van der Waals surface area contributed by atoms with Crippen molar-refractivity contribution in [2.45, 2.75) is 33.2 Å². The van der Waals surface area contributed by atoms with Crippen molar-refractivity contribution < 1.29 is 9.66 Å². The molecule has 0 radical (unpaired) electrons. The number of thioether (sulfide) groups is 1. The molecule has 23 heavy (non-hydrogen) atoms. The van der Waals surface area contributed by atoms with E-state index in [1.807, 2.05) is 18.2 Å². The summed E-state index contributed by atoms with van der Waals surface area (Å²) in [4.78, 5) is 14.8. The molecule has 7 heteroatoms. The summed E-state index contributed by atoms with van der Waals surface area (Å²) in [6, 6.07) is 0.264. The second-order valence-corrected chi connectivity index (χ2v) is 7.20. The van der Waals surface area contributed by atoms with Gasteiger partial charge in [-0.3, -0.25) is 10.1 Å². The Hall–Kier alpha value is -0.790. The SMILES string of the molecule is CCN(CCC(C)N(C)C(=C[N+](=O)[O-])SC)CC1COCC1C. The van der Waals surface area contributed by atoms with Gasteiger partial charge in [0.25, 0.3) is 6.20 Å². The maximum Gasteiger partial charge on any atom is 0.264 e. The highest BCUT2D eigenvalue weighted by Gasteiger charge is 2.26. The Labute approximate surface area is 144 Å². The summed E-state index contributed by atoms with van der Waals surface area (Å²) in [6.45, 7) is 11.4. The van der Waals surface area contributed by atoms with Crippen LogP contribution >= 0.6 is 11.8 Å². The van der Waals surface area contributed by atoms with Gasteiger partial charge >= 0.3 is 0 Å². The van der Waals surface area contributed by atoms with Gasteiger partial charge in [-0.25, -0.2) is 0 Å². The summed E-state index contributed by atoms with van der Waals surface area (Å²) < 4.78 is 5.55. The summed E-state index contributed by atoms with van der Waals surface area (Å²) in [6.07, 6.45) is 3.95. The van der Waals surface area contributed by atoms with E-state index in [1.54, 1.807) is 0 Å². The van der Waals surface area contributed by atoms with E-state index < -0.39 is 0 Å². The zero-order valence-corrected chi connectivity index (χ0v) is 15.8. The molecule has 1 fully saturated rings. The van der Waals surface area contributed by atoms with E-state index in [0.717, 1.165) is 45.5 Å². The van der Waals surface area contributed by atoms with Crippen molar-refractivity contribution in [3.8, 4) is 0 Å². The third-order valence-electron chi connectivity index (χ3n) is 4.75. The lowest BCUT2D eigenvalue weighted by Gasteiger charge is -2.30. The van der Waals surface area contributed by atoms with Gasteiger partial charge in [-0.2, -0.15) is 0 Å². The van der Waals surface area contributed by atoms with E-state index >= 15 is 0 Å². The molecule has 134 valence electrons. The molecule has 0 aromatic carbocycles. The molecule has 1 aliphatic heterocycles. The fourth-order valence-corrected chi connectivity index (χ4v) is 3.47. The predicted octanol–water partition coefficient (Wildman–Crippen LogP) is 2.74. The maximum absolute atomic E-state index is 10.7. The molecule has 1 saturated heterocycles. The average molecular weight is 346 g/mol. The molecule has 0 aromatic heterocycles. The van der Waals surface area contributed by atoms with Gasteiger partial charge in [0.1, 0.15) is 5.03 Å². The molecule has 6 nitrogen and oxygen atoms in total. The highest BCUT2D eigenvalue weighted by Crippen LogP contribution is 2.22. The summed E-state index contributed by atoms with van der Waals surface area (Å²) in [5.74, 6) is 1.26. The van der Waals surface area contributed by atoms with E-state index in [2.05, 4.69) is 25.7 Å². The van der Waals surface area contributed by atoms with E-state index in [0.29, 0.717) is 16.9 Å². The molecule has 3 atom stereocenters. The number of nitro groups is 1. The van der Waals surface area contributed by atoms with Crippen molar-refractivity contribution in [1.82, 2.24) is 9.80 Å². The number of hydrogen-bond donors (Lipinski definition) is 0. The fourth-order valence-electron chi connectivity index (χ4n) is 2.81. The standard InChI is InChI=1S/C16H31N3O3S/c1-6-18(9-15-12-22-11-13(15)2)8-7-14(3)17(4)16(23-5)10-19(20)21/h10,13-15H,6-9,11-12H2,1-5H3. The first-order valence-electron chi connectivity index (χ1n) is 8.31. The smallest absolute Gasteiger partial charge is 0.264 e. The lowest BCUT2D eigenvalue weighted by molar-refractivity contribution is -0.403. The monoisotopic (exact) mass is 345 g/mol. The largest absolute Gasteiger partial charge is 0.381 e. The predicted molar refractivity (Wildman–Crippen MR) is 96.0 cm³/mol. The molecule has 3 unspecified atom stereocenters. The quantitative estimate of drug-likeness (QED) is 0.448. The third kappa shape index (κ3) is 6.69. The average Bonchev–Trinajstić information content (AvgIpc) is 2.92. The molecule has 0 amide bonds. The van der Waals surface area contributed by atoms with Gasteiger partial charge < -0.3 is 14.5 Å². The minimum Gasteiger partial charge on any atom is -0.381 e. The molecular formula is C16H31N3O3S. The number of nitrogens with zero attached hydrogens (tertiary/aromatic N) is 3. The fraction of sp³-hybridized carbons (Fsp3) is 0.875. The molecule has 0 N–H and O–H groups in total.